The van der Waals surface area contributed by atoms with Gasteiger partial charge in [0.05, 0.1) is 17.6 Å². The van der Waals surface area contributed by atoms with Crippen molar-refractivity contribution in [1.29, 1.82) is 0 Å². The highest BCUT2D eigenvalue weighted by molar-refractivity contribution is 6.05. The lowest BCUT2D eigenvalue weighted by molar-refractivity contribution is -0.131. The molecule has 0 saturated heterocycles. The molecule has 2 aliphatic rings. The molecule has 26 heavy (non-hydrogen) atoms. The molecule has 2 aliphatic carbocycles. The van der Waals surface area contributed by atoms with Gasteiger partial charge in [0.1, 0.15) is 5.78 Å². The predicted molar refractivity (Wildman–Crippen MR) is 98.8 cm³/mol. The van der Waals surface area contributed by atoms with Crippen LogP contribution in [0, 0.1) is 16.2 Å². The number of ketones is 1. The van der Waals surface area contributed by atoms with Crippen LogP contribution in [-0.4, -0.2) is 24.3 Å². The number of hydrogen-bond acceptors (Lipinski definition) is 4. The normalized spacial score (nSPS) is 28.8. The molecule has 0 heterocycles. The molecule has 140 valence electrons. The molecule has 0 spiro atoms. The predicted octanol–water partition coefficient (Wildman–Crippen LogP) is 3.98. The maximum atomic E-state index is 13.2. The number of carbonyl (C=O) groups is 3. The molecule has 5 nitrogen and oxygen atoms in total. The summed E-state index contributed by atoms with van der Waals surface area (Å²) in [6, 6.07) is 6.77. The van der Waals surface area contributed by atoms with E-state index in [1.165, 1.54) is 0 Å². The van der Waals surface area contributed by atoms with Crippen LogP contribution in [0.3, 0.4) is 0 Å². The first-order valence-corrected chi connectivity index (χ1v) is 9.30. The summed E-state index contributed by atoms with van der Waals surface area (Å²) in [5, 5.41) is 2.95. The average molecular weight is 357 g/mol. The van der Waals surface area contributed by atoms with Gasteiger partial charge in [-0.05, 0) is 42.9 Å². The van der Waals surface area contributed by atoms with E-state index in [1.54, 1.807) is 24.3 Å². The van der Waals surface area contributed by atoms with Crippen LogP contribution in [0.25, 0.3) is 0 Å². The molecule has 1 N–H and O–H groups in total. The minimum absolute atomic E-state index is 0.129. The molecule has 0 radical (unpaired) electrons. The van der Waals surface area contributed by atoms with Gasteiger partial charge in [-0.2, -0.15) is 0 Å². The molecule has 2 fully saturated rings. The van der Waals surface area contributed by atoms with Crippen LogP contribution in [-0.2, 0) is 14.3 Å². The van der Waals surface area contributed by atoms with Gasteiger partial charge in [0.2, 0.25) is 5.91 Å². The first kappa shape index (κ1) is 18.6. The number of rotatable bonds is 5. The lowest BCUT2D eigenvalue weighted by Gasteiger charge is -2.38. The van der Waals surface area contributed by atoms with E-state index in [-0.39, 0.29) is 11.7 Å². The second-order valence-electron chi connectivity index (χ2n) is 8.31. The van der Waals surface area contributed by atoms with Crippen LogP contribution >= 0.6 is 0 Å². The lowest BCUT2D eigenvalue weighted by Crippen LogP contribution is -2.43. The van der Waals surface area contributed by atoms with E-state index in [1.807, 2.05) is 27.7 Å². The van der Waals surface area contributed by atoms with Crippen LogP contribution in [0.5, 0.6) is 0 Å². The molecule has 5 heteroatoms. The van der Waals surface area contributed by atoms with Gasteiger partial charge in [-0.25, -0.2) is 4.79 Å². The van der Waals surface area contributed by atoms with Crippen molar-refractivity contribution in [2.75, 3.05) is 11.9 Å². The monoisotopic (exact) mass is 357 g/mol. The Hall–Kier alpha value is -2.17. The number of anilines is 1. The Bertz CT molecular complexity index is 769. The van der Waals surface area contributed by atoms with Crippen molar-refractivity contribution < 1.29 is 19.1 Å². The van der Waals surface area contributed by atoms with Crippen molar-refractivity contribution in [2.45, 2.75) is 53.4 Å². The molecule has 0 aliphatic heterocycles. The van der Waals surface area contributed by atoms with Crippen LogP contribution in [0.4, 0.5) is 5.69 Å². The van der Waals surface area contributed by atoms with Crippen LogP contribution in [0.1, 0.15) is 63.7 Å². The second-order valence-corrected chi connectivity index (χ2v) is 8.31. The smallest absolute Gasteiger partial charge is 0.338 e. The first-order chi connectivity index (χ1) is 12.2. The number of benzene rings is 1. The number of Topliss-reactive ketones (excluding diaryl/α,β-unsaturated/α-hetero) is 1. The van der Waals surface area contributed by atoms with Crippen molar-refractivity contribution >= 4 is 23.3 Å². The number of ether oxygens (including phenoxy) is 1. The summed E-state index contributed by atoms with van der Waals surface area (Å²) in [5.41, 5.74) is -0.544. The van der Waals surface area contributed by atoms with Crippen molar-refractivity contribution in [3.05, 3.63) is 29.8 Å². The number of carbonyl (C=O) groups excluding carboxylic acids is 3. The van der Waals surface area contributed by atoms with Crippen molar-refractivity contribution in [3.8, 4) is 0 Å². The van der Waals surface area contributed by atoms with E-state index in [9.17, 15) is 14.4 Å². The third-order valence-electron chi connectivity index (χ3n) is 6.93. The minimum Gasteiger partial charge on any atom is -0.462 e. The Morgan fingerprint density at radius 2 is 1.92 bits per heavy atom. The zero-order chi connectivity index (χ0) is 19.2. The minimum atomic E-state index is -0.683. The quantitative estimate of drug-likeness (QED) is 0.809. The molecule has 2 saturated carbocycles. The Morgan fingerprint density at radius 1 is 1.19 bits per heavy atom. The molecule has 0 unspecified atom stereocenters. The third-order valence-corrected chi connectivity index (χ3v) is 6.93. The van der Waals surface area contributed by atoms with Crippen LogP contribution in [0.15, 0.2) is 24.3 Å². The third kappa shape index (κ3) is 2.48. The lowest BCUT2D eigenvalue weighted by atomic mass is 9.64. The van der Waals surface area contributed by atoms with E-state index in [4.69, 9.17) is 4.74 Å². The zero-order valence-electron chi connectivity index (χ0n) is 16.0. The second kappa shape index (κ2) is 6.22. The largest absolute Gasteiger partial charge is 0.462 e. The highest BCUT2D eigenvalue weighted by atomic mass is 16.5. The maximum absolute atomic E-state index is 13.2. The van der Waals surface area contributed by atoms with Gasteiger partial charge in [0.15, 0.2) is 0 Å². The Labute approximate surface area is 154 Å². The van der Waals surface area contributed by atoms with E-state index in [2.05, 4.69) is 5.32 Å². The topological polar surface area (TPSA) is 72.5 Å². The average Bonchev–Trinajstić information content (AvgIpc) is 2.90. The van der Waals surface area contributed by atoms with Gasteiger partial charge in [0, 0.05) is 17.5 Å². The molecule has 1 aromatic rings. The highest BCUT2D eigenvalue weighted by Gasteiger charge is 2.72. The standard InChI is InChI=1S/C21H27NO4/c1-5-11-26-17(24)14-7-6-8-15(12-14)22-18(25)21-10-9-20(4,16(23)13-21)19(21,2)3/h6-8,12H,5,9-11,13H2,1-4H3,(H,22,25)/t20-,21-/m0/s1. The number of fused-ring (bicyclic) bond motifs is 2. The molecule has 2 bridgehead atoms. The molecular formula is C21H27NO4. The van der Waals surface area contributed by atoms with Gasteiger partial charge in [0.25, 0.3) is 0 Å². The highest BCUT2D eigenvalue weighted by Crippen LogP contribution is 2.70. The molecule has 0 aromatic heterocycles. The van der Waals surface area contributed by atoms with E-state index >= 15 is 0 Å². The summed E-state index contributed by atoms with van der Waals surface area (Å²) >= 11 is 0. The Kier molecular flexibility index (Phi) is 4.45. The maximum Gasteiger partial charge on any atom is 0.338 e. The summed E-state index contributed by atoms with van der Waals surface area (Å²) in [7, 11) is 0. The number of nitrogens with one attached hydrogen (secondary N) is 1. The van der Waals surface area contributed by atoms with Crippen molar-refractivity contribution in [3.63, 3.8) is 0 Å². The fourth-order valence-electron chi connectivity index (χ4n) is 4.61. The Balaban J connectivity index is 1.81. The van der Waals surface area contributed by atoms with Crippen LogP contribution < -0.4 is 5.32 Å². The number of esters is 1. The number of amides is 1. The summed E-state index contributed by atoms with van der Waals surface area (Å²) in [4.78, 5) is 37.7. The van der Waals surface area contributed by atoms with Crippen molar-refractivity contribution in [2.24, 2.45) is 16.2 Å². The van der Waals surface area contributed by atoms with Gasteiger partial charge in [-0.15, -0.1) is 0 Å². The van der Waals surface area contributed by atoms with E-state index in [0.717, 1.165) is 12.8 Å². The SMILES string of the molecule is CCCOC(=O)c1cccc(NC(=O)[C@]23CC[C@@](C)(C(=O)C2)C3(C)C)c1. The van der Waals surface area contributed by atoms with Crippen LogP contribution in [0.2, 0.25) is 0 Å². The van der Waals surface area contributed by atoms with Gasteiger partial charge >= 0.3 is 5.97 Å². The first-order valence-electron chi connectivity index (χ1n) is 9.30. The molecule has 3 rings (SSSR count). The number of hydrogen-bond donors (Lipinski definition) is 1. The van der Waals surface area contributed by atoms with Gasteiger partial charge in [-0.1, -0.05) is 33.8 Å². The summed E-state index contributed by atoms with van der Waals surface area (Å²) < 4.78 is 5.15. The van der Waals surface area contributed by atoms with Crippen molar-refractivity contribution in [1.82, 2.24) is 0 Å². The van der Waals surface area contributed by atoms with E-state index in [0.29, 0.717) is 30.7 Å². The van der Waals surface area contributed by atoms with Gasteiger partial charge < -0.3 is 10.1 Å². The Morgan fingerprint density at radius 3 is 2.50 bits per heavy atom. The van der Waals surface area contributed by atoms with Gasteiger partial charge in [-0.3, -0.25) is 9.59 Å². The fourth-order valence-corrected chi connectivity index (χ4v) is 4.61. The molecule has 1 amide bonds. The summed E-state index contributed by atoms with van der Waals surface area (Å²) in [5.74, 6) is -0.345. The summed E-state index contributed by atoms with van der Waals surface area (Å²) in [6.07, 6.45) is 2.51. The molecule has 1 aromatic carbocycles. The molecular weight excluding hydrogens is 330 g/mol. The molecule has 2 atom stereocenters. The zero-order valence-corrected chi connectivity index (χ0v) is 16.0. The summed E-state index contributed by atoms with van der Waals surface area (Å²) in [6.45, 7) is 8.35. The fraction of sp³-hybridized carbons (Fsp3) is 0.571. The van der Waals surface area contributed by atoms with E-state index < -0.39 is 22.2 Å².